The Morgan fingerprint density at radius 2 is 2.04 bits per heavy atom. The first kappa shape index (κ1) is 19.2. The van der Waals surface area contributed by atoms with Crippen molar-refractivity contribution in [1.29, 1.82) is 0 Å². The predicted molar refractivity (Wildman–Crippen MR) is 91.5 cm³/mol. The molecule has 1 amide bonds. The van der Waals surface area contributed by atoms with Crippen LogP contribution in [0.4, 0.5) is 18.9 Å². The van der Waals surface area contributed by atoms with Crippen molar-refractivity contribution < 1.29 is 22.7 Å². The molecule has 0 aliphatic carbocycles. The molecule has 0 saturated heterocycles. The molecule has 1 aromatic heterocycles. The number of rotatable bonds is 5. The molecule has 0 bridgehead atoms. The molecule has 0 spiro atoms. The highest BCUT2D eigenvalue weighted by Crippen LogP contribution is 2.35. The monoisotopic (exact) mass is 372 g/mol. The summed E-state index contributed by atoms with van der Waals surface area (Å²) >= 11 is 1.24. The third-order valence-corrected chi connectivity index (χ3v) is 4.82. The van der Waals surface area contributed by atoms with Gasteiger partial charge in [0.05, 0.1) is 28.6 Å². The zero-order chi connectivity index (χ0) is 18.8. The van der Waals surface area contributed by atoms with Gasteiger partial charge in [-0.25, -0.2) is 4.98 Å². The van der Waals surface area contributed by atoms with Crippen molar-refractivity contribution in [3.05, 3.63) is 39.3 Å². The van der Waals surface area contributed by atoms with Gasteiger partial charge in [0.15, 0.2) is 0 Å². The summed E-state index contributed by atoms with van der Waals surface area (Å²) in [6, 6.07) is 3.01. The summed E-state index contributed by atoms with van der Waals surface area (Å²) in [5, 5.41) is 3.33. The number of nitrogens with one attached hydrogen (secondary N) is 1. The summed E-state index contributed by atoms with van der Waals surface area (Å²) in [7, 11) is 0. The molecule has 1 aromatic carbocycles. The maximum absolute atomic E-state index is 12.9. The number of benzene rings is 1. The lowest BCUT2D eigenvalue weighted by Crippen LogP contribution is -2.14. The van der Waals surface area contributed by atoms with Crippen LogP contribution in [-0.2, 0) is 6.18 Å². The van der Waals surface area contributed by atoms with Gasteiger partial charge in [-0.15, -0.1) is 11.3 Å². The molecule has 8 heteroatoms. The second-order valence-electron chi connectivity index (χ2n) is 5.72. The fraction of sp³-hybridized carbons (Fsp3) is 0.412. The molecule has 1 N–H and O–H groups in total. The van der Waals surface area contributed by atoms with E-state index in [1.807, 2.05) is 13.8 Å². The van der Waals surface area contributed by atoms with E-state index in [2.05, 4.69) is 10.3 Å². The van der Waals surface area contributed by atoms with Crippen LogP contribution < -0.4 is 10.1 Å². The van der Waals surface area contributed by atoms with Crippen LogP contribution in [0, 0.1) is 6.92 Å². The van der Waals surface area contributed by atoms with E-state index in [0.717, 1.165) is 17.1 Å². The Morgan fingerprint density at radius 1 is 1.36 bits per heavy atom. The summed E-state index contributed by atoms with van der Waals surface area (Å²) in [6.07, 6.45) is -4.50. The zero-order valence-corrected chi connectivity index (χ0v) is 15.1. The van der Waals surface area contributed by atoms with Crippen molar-refractivity contribution in [3.8, 4) is 5.75 Å². The standard InChI is InChI=1S/C17H19F3N2O2S/c1-5-24-13-7-6-11(17(18,19)20)8-12(13)22-15(23)14-10(4)21-16(25-14)9(2)3/h6-9H,5H2,1-4H3,(H,22,23). The normalized spacial score (nSPS) is 11.7. The second-order valence-corrected chi connectivity index (χ2v) is 6.75. The van der Waals surface area contributed by atoms with E-state index < -0.39 is 17.6 Å². The van der Waals surface area contributed by atoms with Gasteiger partial charge < -0.3 is 10.1 Å². The number of anilines is 1. The second kappa shape index (κ2) is 7.43. The average molecular weight is 372 g/mol. The molecule has 0 saturated carbocycles. The first-order chi connectivity index (χ1) is 11.6. The van der Waals surface area contributed by atoms with E-state index in [-0.39, 0.29) is 24.0 Å². The van der Waals surface area contributed by atoms with Gasteiger partial charge in [-0.05, 0) is 32.0 Å². The van der Waals surface area contributed by atoms with E-state index in [4.69, 9.17) is 4.74 Å². The van der Waals surface area contributed by atoms with Crippen molar-refractivity contribution in [2.75, 3.05) is 11.9 Å². The molecule has 136 valence electrons. The van der Waals surface area contributed by atoms with Gasteiger partial charge in [0.1, 0.15) is 10.6 Å². The van der Waals surface area contributed by atoms with Gasteiger partial charge in [0, 0.05) is 5.92 Å². The van der Waals surface area contributed by atoms with Gasteiger partial charge >= 0.3 is 6.18 Å². The summed E-state index contributed by atoms with van der Waals surface area (Å²) in [6.45, 7) is 7.60. The number of amides is 1. The first-order valence-electron chi connectivity index (χ1n) is 7.76. The molecule has 2 aromatic rings. The minimum Gasteiger partial charge on any atom is -0.492 e. The van der Waals surface area contributed by atoms with Crippen LogP contribution in [0.1, 0.15) is 52.6 Å². The SMILES string of the molecule is CCOc1ccc(C(F)(F)F)cc1NC(=O)c1sc(C(C)C)nc1C. The molecule has 0 radical (unpaired) electrons. The smallest absolute Gasteiger partial charge is 0.416 e. The summed E-state index contributed by atoms with van der Waals surface area (Å²) in [5.74, 6) is -0.143. The van der Waals surface area contributed by atoms with E-state index in [1.165, 1.54) is 17.4 Å². The van der Waals surface area contributed by atoms with Crippen molar-refractivity contribution in [1.82, 2.24) is 4.98 Å². The Kier molecular flexibility index (Phi) is 5.72. The Balaban J connectivity index is 2.35. The number of alkyl halides is 3. The highest BCUT2D eigenvalue weighted by molar-refractivity contribution is 7.14. The fourth-order valence-corrected chi connectivity index (χ4v) is 3.10. The Bertz CT molecular complexity index is 770. The maximum atomic E-state index is 12.9. The Hall–Kier alpha value is -2.09. The molecule has 0 aliphatic heterocycles. The zero-order valence-electron chi connectivity index (χ0n) is 14.3. The lowest BCUT2D eigenvalue weighted by Gasteiger charge is -2.14. The van der Waals surface area contributed by atoms with Crippen molar-refractivity contribution >= 4 is 22.9 Å². The molecule has 4 nitrogen and oxygen atoms in total. The molecule has 2 rings (SSSR count). The number of thiazole rings is 1. The summed E-state index contributed by atoms with van der Waals surface area (Å²) < 4.78 is 44.1. The van der Waals surface area contributed by atoms with E-state index in [1.54, 1.807) is 13.8 Å². The van der Waals surface area contributed by atoms with Crippen molar-refractivity contribution in [2.45, 2.75) is 39.8 Å². The van der Waals surface area contributed by atoms with Crippen molar-refractivity contribution in [2.24, 2.45) is 0 Å². The third-order valence-electron chi connectivity index (χ3n) is 3.37. The largest absolute Gasteiger partial charge is 0.492 e. The lowest BCUT2D eigenvalue weighted by molar-refractivity contribution is -0.137. The van der Waals surface area contributed by atoms with Crippen LogP contribution in [0.15, 0.2) is 18.2 Å². The van der Waals surface area contributed by atoms with Crippen molar-refractivity contribution in [3.63, 3.8) is 0 Å². The number of halogens is 3. The highest BCUT2D eigenvalue weighted by Gasteiger charge is 2.31. The number of carbonyl (C=O) groups excluding carboxylic acids is 1. The van der Waals surface area contributed by atoms with Crippen LogP contribution in [0.5, 0.6) is 5.75 Å². The summed E-state index contributed by atoms with van der Waals surface area (Å²) in [5.41, 5.74) is -0.313. The van der Waals surface area contributed by atoms with Crippen LogP contribution in [0.2, 0.25) is 0 Å². The van der Waals surface area contributed by atoms with E-state index in [9.17, 15) is 18.0 Å². The maximum Gasteiger partial charge on any atom is 0.416 e. The number of aryl methyl sites for hydroxylation is 1. The molecule has 1 heterocycles. The van der Waals surface area contributed by atoms with Crippen LogP contribution in [0.3, 0.4) is 0 Å². The predicted octanol–water partition coefficient (Wildman–Crippen LogP) is 5.24. The topological polar surface area (TPSA) is 51.2 Å². The van der Waals surface area contributed by atoms with E-state index in [0.29, 0.717) is 10.6 Å². The van der Waals surface area contributed by atoms with E-state index >= 15 is 0 Å². The molecule has 0 fully saturated rings. The molecule has 0 atom stereocenters. The minimum absolute atomic E-state index is 0.0134. The first-order valence-corrected chi connectivity index (χ1v) is 8.57. The van der Waals surface area contributed by atoms with Crippen LogP contribution in [-0.4, -0.2) is 17.5 Å². The van der Waals surface area contributed by atoms with Gasteiger partial charge in [-0.2, -0.15) is 13.2 Å². The number of carbonyl (C=O) groups is 1. The Labute approximate surface area is 148 Å². The summed E-state index contributed by atoms with van der Waals surface area (Å²) in [4.78, 5) is 17.2. The number of nitrogens with zero attached hydrogens (tertiary/aromatic N) is 1. The van der Waals surface area contributed by atoms with Gasteiger partial charge in [-0.1, -0.05) is 13.8 Å². The fourth-order valence-electron chi connectivity index (χ4n) is 2.14. The number of hydrogen-bond donors (Lipinski definition) is 1. The van der Waals surface area contributed by atoms with Gasteiger partial charge in [0.25, 0.3) is 5.91 Å². The third kappa shape index (κ3) is 4.50. The number of aromatic nitrogens is 1. The highest BCUT2D eigenvalue weighted by atomic mass is 32.1. The number of hydrogen-bond acceptors (Lipinski definition) is 4. The van der Waals surface area contributed by atoms with Gasteiger partial charge in [-0.3, -0.25) is 4.79 Å². The molecular formula is C17H19F3N2O2S. The minimum atomic E-state index is -4.50. The molecular weight excluding hydrogens is 353 g/mol. The Morgan fingerprint density at radius 3 is 2.56 bits per heavy atom. The molecule has 25 heavy (non-hydrogen) atoms. The van der Waals surface area contributed by atoms with Gasteiger partial charge in [0.2, 0.25) is 0 Å². The molecule has 0 unspecified atom stereocenters. The van der Waals surface area contributed by atoms with Crippen LogP contribution in [0.25, 0.3) is 0 Å². The quantitative estimate of drug-likeness (QED) is 0.780. The average Bonchev–Trinajstić information content (AvgIpc) is 2.90. The molecule has 0 aliphatic rings. The lowest BCUT2D eigenvalue weighted by atomic mass is 10.1. The number of ether oxygens (including phenoxy) is 1. The van der Waals surface area contributed by atoms with Crippen LogP contribution >= 0.6 is 11.3 Å².